The predicted molar refractivity (Wildman–Crippen MR) is 83.2 cm³/mol. The first-order valence-corrected chi connectivity index (χ1v) is 7.54. The highest BCUT2D eigenvalue weighted by Gasteiger charge is 2.21. The lowest BCUT2D eigenvalue weighted by Gasteiger charge is -2.22. The Bertz CT molecular complexity index is 490. The molecule has 1 aliphatic heterocycles. The fourth-order valence-electron chi connectivity index (χ4n) is 2.29. The molecule has 0 bridgehead atoms. The van der Waals surface area contributed by atoms with Gasteiger partial charge in [0.25, 0.3) is 0 Å². The minimum atomic E-state index is -0.200. The van der Waals surface area contributed by atoms with Crippen molar-refractivity contribution >= 4 is 23.3 Å². The zero-order valence-corrected chi connectivity index (χ0v) is 13.2. The summed E-state index contributed by atoms with van der Waals surface area (Å²) in [6.07, 6.45) is 2.19. The van der Waals surface area contributed by atoms with Gasteiger partial charge in [-0.3, -0.25) is 0 Å². The van der Waals surface area contributed by atoms with Crippen molar-refractivity contribution in [1.82, 2.24) is 4.90 Å². The van der Waals surface area contributed by atoms with Gasteiger partial charge >= 0.3 is 6.03 Å². The van der Waals surface area contributed by atoms with E-state index in [4.69, 9.17) is 21.1 Å². The average molecular weight is 313 g/mol. The van der Waals surface area contributed by atoms with E-state index < -0.39 is 0 Å². The third-order valence-corrected chi connectivity index (χ3v) is 3.64. The average Bonchev–Trinajstić information content (AvgIpc) is 2.95. The van der Waals surface area contributed by atoms with Crippen LogP contribution in [0, 0.1) is 0 Å². The Morgan fingerprint density at radius 2 is 2.38 bits per heavy atom. The highest BCUT2D eigenvalue weighted by Crippen LogP contribution is 2.33. The predicted octanol–water partition coefficient (Wildman–Crippen LogP) is 3.38. The molecule has 0 aliphatic carbocycles. The highest BCUT2D eigenvalue weighted by atomic mass is 35.5. The smallest absolute Gasteiger partial charge is 0.321 e. The Balaban J connectivity index is 1.99. The largest absolute Gasteiger partial charge is 0.490 e. The van der Waals surface area contributed by atoms with E-state index in [1.165, 1.54) is 0 Å². The first-order valence-electron chi connectivity index (χ1n) is 7.16. The summed E-state index contributed by atoms with van der Waals surface area (Å²) in [5.41, 5.74) is 0.577. The third-order valence-electron chi connectivity index (χ3n) is 3.35. The number of ether oxygens (including phenoxy) is 2. The maximum atomic E-state index is 12.2. The molecule has 0 saturated carbocycles. The van der Waals surface area contributed by atoms with Crippen LogP contribution in [0.5, 0.6) is 5.75 Å². The van der Waals surface area contributed by atoms with Gasteiger partial charge in [-0.05, 0) is 31.9 Å². The standard InChI is InChI=1S/C15H21ClN2O3/c1-3-20-14-12(16)7-4-8-13(14)17-15(19)18(2)10-11-6-5-9-21-11/h4,7-8,11H,3,5-6,9-10H2,1-2H3,(H,17,19)/t11-/m1/s1. The van der Waals surface area contributed by atoms with Crippen LogP contribution in [-0.2, 0) is 4.74 Å². The topological polar surface area (TPSA) is 50.8 Å². The van der Waals surface area contributed by atoms with E-state index in [0.717, 1.165) is 19.4 Å². The molecule has 1 N–H and O–H groups in total. The molecule has 0 spiro atoms. The van der Waals surface area contributed by atoms with E-state index in [1.807, 2.05) is 6.92 Å². The molecule has 1 aliphatic rings. The lowest BCUT2D eigenvalue weighted by atomic mass is 10.2. The molecule has 0 unspecified atom stereocenters. The summed E-state index contributed by atoms with van der Waals surface area (Å²) < 4.78 is 11.0. The summed E-state index contributed by atoms with van der Waals surface area (Å²) in [6.45, 7) is 3.72. The number of carbonyl (C=O) groups is 1. The van der Waals surface area contributed by atoms with E-state index in [2.05, 4.69) is 5.32 Å². The van der Waals surface area contributed by atoms with Gasteiger partial charge in [0.2, 0.25) is 0 Å². The molecule has 116 valence electrons. The zero-order valence-electron chi connectivity index (χ0n) is 12.4. The minimum absolute atomic E-state index is 0.131. The van der Waals surface area contributed by atoms with E-state index in [1.54, 1.807) is 30.1 Å². The van der Waals surface area contributed by atoms with Crippen LogP contribution in [0.1, 0.15) is 19.8 Å². The van der Waals surface area contributed by atoms with E-state index in [9.17, 15) is 4.79 Å². The van der Waals surface area contributed by atoms with Crippen LogP contribution in [0.2, 0.25) is 5.02 Å². The molecule has 2 rings (SSSR count). The number of rotatable bonds is 5. The summed E-state index contributed by atoms with van der Waals surface area (Å²) in [4.78, 5) is 13.8. The second kappa shape index (κ2) is 7.52. The summed E-state index contributed by atoms with van der Waals surface area (Å²) >= 11 is 6.10. The van der Waals surface area contributed by atoms with Gasteiger partial charge in [0.1, 0.15) is 0 Å². The van der Waals surface area contributed by atoms with E-state index in [-0.39, 0.29) is 12.1 Å². The number of carbonyl (C=O) groups excluding carboxylic acids is 1. The van der Waals surface area contributed by atoms with Crippen LogP contribution in [-0.4, -0.2) is 43.8 Å². The normalized spacial score (nSPS) is 17.6. The number of para-hydroxylation sites is 1. The Morgan fingerprint density at radius 3 is 3.05 bits per heavy atom. The van der Waals surface area contributed by atoms with Gasteiger partial charge in [-0.15, -0.1) is 0 Å². The van der Waals surface area contributed by atoms with E-state index in [0.29, 0.717) is 29.6 Å². The fraction of sp³-hybridized carbons (Fsp3) is 0.533. The van der Waals surface area contributed by atoms with Crippen LogP contribution in [0.3, 0.4) is 0 Å². The summed E-state index contributed by atoms with van der Waals surface area (Å²) in [5.74, 6) is 0.500. The summed E-state index contributed by atoms with van der Waals surface area (Å²) in [6, 6.07) is 5.08. The molecule has 1 atom stereocenters. The molecule has 5 nitrogen and oxygen atoms in total. The van der Waals surface area contributed by atoms with Gasteiger partial charge in [0.15, 0.2) is 5.75 Å². The van der Waals surface area contributed by atoms with Crippen LogP contribution in [0.15, 0.2) is 18.2 Å². The molecule has 6 heteroatoms. The monoisotopic (exact) mass is 312 g/mol. The number of nitrogens with zero attached hydrogens (tertiary/aromatic N) is 1. The molecule has 1 saturated heterocycles. The molecule has 0 radical (unpaired) electrons. The number of amides is 2. The molecule has 21 heavy (non-hydrogen) atoms. The Labute approximate surface area is 130 Å². The first kappa shape index (κ1) is 15.9. The zero-order chi connectivity index (χ0) is 15.2. The Morgan fingerprint density at radius 1 is 1.57 bits per heavy atom. The second-order valence-electron chi connectivity index (χ2n) is 5.00. The van der Waals surface area contributed by atoms with Crippen molar-refractivity contribution in [1.29, 1.82) is 0 Å². The molecule has 1 aromatic carbocycles. The van der Waals surface area contributed by atoms with Crippen LogP contribution in [0.25, 0.3) is 0 Å². The van der Waals surface area contributed by atoms with Crippen LogP contribution < -0.4 is 10.1 Å². The van der Waals surface area contributed by atoms with E-state index >= 15 is 0 Å². The maximum Gasteiger partial charge on any atom is 0.321 e. The molecular weight excluding hydrogens is 292 g/mol. The van der Waals surface area contributed by atoms with Gasteiger partial charge in [-0.2, -0.15) is 0 Å². The van der Waals surface area contributed by atoms with Crippen molar-refractivity contribution in [3.8, 4) is 5.75 Å². The number of halogens is 1. The van der Waals surface area contributed by atoms with Crippen LogP contribution >= 0.6 is 11.6 Å². The van der Waals surface area contributed by atoms with Crippen molar-refractivity contribution in [2.75, 3.05) is 32.1 Å². The molecule has 1 aromatic rings. The number of likely N-dealkylation sites (N-methyl/N-ethyl adjacent to an activating group) is 1. The number of nitrogens with one attached hydrogen (secondary N) is 1. The maximum absolute atomic E-state index is 12.2. The van der Waals surface area contributed by atoms with Crippen molar-refractivity contribution in [3.63, 3.8) is 0 Å². The van der Waals surface area contributed by atoms with Crippen LogP contribution in [0.4, 0.5) is 10.5 Å². The van der Waals surface area contributed by atoms with Crippen molar-refractivity contribution in [2.45, 2.75) is 25.9 Å². The lowest BCUT2D eigenvalue weighted by molar-refractivity contribution is 0.0894. The molecule has 0 aromatic heterocycles. The second-order valence-corrected chi connectivity index (χ2v) is 5.40. The highest BCUT2D eigenvalue weighted by molar-refractivity contribution is 6.32. The summed E-state index contributed by atoms with van der Waals surface area (Å²) in [5, 5.41) is 3.31. The number of hydrogen-bond donors (Lipinski definition) is 1. The third kappa shape index (κ3) is 4.25. The fourth-order valence-corrected chi connectivity index (χ4v) is 2.51. The van der Waals surface area contributed by atoms with Gasteiger partial charge in [-0.25, -0.2) is 4.79 Å². The number of benzene rings is 1. The molecule has 1 fully saturated rings. The molecule has 2 amide bonds. The Kier molecular flexibility index (Phi) is 5.70. The SMILES string of the molecule is CCOc1c(Cl)cccc1NC(=O)N(C)C[C@H]1CCCO1. The van der Waals surface area contributed by atoms with Crippen molar-refractivity contribution in [2.24, 2.45) is 0 Å². The number of hydrogen-bond acceptors (Lipinski definition) is 3. The Hall–Kier alpha value is -1.46. The minimum Gasteiger partial charge on any atom is -0.490 e. The number of urea groups is 1. The van der Waals surface area contributed by atoms with Crippen molar-refractivity contribution < 1.29 is 14.3 Å². The van der Waals surface area contributed by atoms with Crippen molar-refractivity contribution in [3.05, 3.63) is 23.2 Å². The lowest BCUT2D eigenvalue weighted by Crippen LogP contribution is -2.37. The van der Waals surface area contributed by atoms with Gasteiger partial charge < -0.3 is 19.7 Å². The molecular formula is C15H21ClN2O3. The quantitative estimate of drug-likeness (QED) is 0.906. The summed E-state index contributed by atoms with van der Waals surface area (Å²) in [7, 11) is 1.75. The number of anilines is 1. The van der Waals surface area contributed by atoms with Gasteiger partial charge in [-0.1, -0.05) is 17.7 Å². The first-order chi connectivity index (χ1) is 10.1. The van der Waals surface area contributed by atoms with Gasteiger partial charge in [0.05, 0.1) is 23.4 Å². The molecule has 1 heterocycles. The van der Waals surface area contributed by atoms with Gasteiger partial charge in [0, 0.05) is 20.2 Å².